The van der Waals surface area contributed by atoms with Crippen LogP contribution < -0.4 is 21.7 Å². The molecule has 0 radical (unpaired) electrons. The van der Waals surface area contributed by atoms with Gasteiger partial charge in [0.1, 0.15) is 42.5 Å². The number of hydrogen-bond acceptors (Lipinski definition) is 11. The van der Waals surface area contributed by atoms with Gasteiger partial charge in [-0.15, -0.1) is 0 Å². The summed E-state index contributed by atoms with van der Waals surface area (Å²) in [5.74, 6) is -4.85. The molecule has 0 aromatic heterocycles. The van der Waals surface area contributed by atoms with E-state index < -0.39 is 98.1 Å². The van der Waals surface area contributed by atoms with Crippen LogP contribution in [0.1, 0.15) is 26.7 Å². The lowest BCUT2D eigenvalue weighted by Gasteiger charge is -2.43. The van der Waals surface area contributed by atoms with Crippen molar-refractivity contribution in [3.05, 3.63) is 0 Å². The Morgan fingerprint density at radius 1 is 1.06 bits per heavy atom. The van der Waals surface area contributed by atoms with Gasteiger partial charge < -0.3 is 56.7 Å². The van der Waals surface area contributed by atoms with Crippen LogP contribution in [0, 0.1) is 0 Å². The highest BCUT2D eigenvalue weighted by Gasteiger charge is 2.47. The first kappa shape index (κ1) is 30.1. The average molecular weight is 508 g/mol. The quantitative estimate of drug-likeness (QED) is 0.113. The highest BCUT2D eigenvalue weighted by Crippen LogP contribution is 2.23. The summed E-state index contributed by atoms with van der Waals surface area (Å²) in [6, 6.07) is -4.27. The number of ether oxygens (including phenoxy) is 2. The van der Waals surface area contributed by atoms with Crippen LogP contribution in [0.5, 0.6) is 0 Å². The van der Waals surface area contributed by atoms with E-state index in [0.717, 1.165) is 6.92 Å². The first-order valence-electron chi connectivity index (χ1n) is 10.6. The van der Waals surface area contributed by atoms with E-state index in [-0.39, 0.29) is 6.42 Å². The van der Waals surface area contributed by atoms with Crippen LogP contribution in [0.4, 0.5) is 0 Å². The van der Waals surface area contributed by atoms with Crippen molar-refractivity contribution in [2.45, 2.75) is 75.5 Å². The topological polar surface area (TPSA) is 267 Å². The summed E-state index contributed by atoms with van der Waals surface area (Å²) in [7, 11) is 0. The first-order chi connectivity index (χ1) is 16.3. The van der Waals surface area contributed by atoms with Gasteiger partial charge in [-0.05, 0) is 13.3 Å². The van der Waals surface area contributed by atoms with E-state index in [1.165, 1.54) is 6.92 Å². The van der Waals surface area contributed by atoms with Crippen LogP contribution in [-0.4, -0.2) is 117 Å². The van der Waals surface area contributed by atoms with Crippen LogP contribution in [0.2, 0.25) is 0 Å². The van der Waals surface area contributed by atoms with E-state index in [2.05, 4.69) is 16.0 Å². The molecule has 0 saturated carbocycles. The molecule has 8 atom stereocenters. The number of amides is 4. The van der Waals surface area contributed by atoms with Gasteiger partial charge in [-0.2, -0.15) is 0 Å². The third kappa shape index (κ3) is 9.00. The molecule has 0 unspecified atom stereocenters. The van der Waals surface area contributed by atoms with E-state index in [1.54, 1.807) is 0 Å². The summed E-state index contributed by atoms with van der Waals surface area (Å²) in [6.45, 7) is 0.730. The number of nitrogens with one attached hydrogen (secondary N) is 3. The maximum absolute atomic E-state index is 12.6. The SMILES string of the molecule is CC(=O)N[C@@H]1[C@@H](O[C@H](C)C(=O)N[C@H](CO)C(=O)N[C@H](CCC(=O)O)C(N)=O)[C@H](O)[C@@H](CO)O[C@H]1O. The summed E-state index contributed by atoms with van der Waals surface area (Å²) in [5, 5.41) is 54.8. The molecule has 16 heteroatoms. The van der Waals surface area contributed by atoms with Crippen LogP contribution in [-0.2, 0) is 33.4 Å². The number of carbonyl (C=O) groups excluding carboxylic acids is 4. The standard InChI is InChI=1S/C19H32N4O12/c1-7(34-15-13(21-8(2)26)19(33)35-11(6-25)14(15)29)17(31)23-10(5-24)18(32)22-9(16(20)30)3-4-12(27)28/h7,9-11,13-15,19,24-25,29,33H,3-6H2,1-2H3,(H2,20,30)(H,21,26)(H,22,32)(H,23,31)(H,27,28)/t7-,9-,10-,11-,13-,14-,15-,19-/m1/s1. The Morgan fingerprint density at radius 3 is 2.14 bits per heavy atom. The van der Waals surface area contributed by atoms with Crippen molar-refractivity contribution in [1.29, 1.82) is 0 Å². The molecule has 0 bridgehead atoms. The monoisotopic (exact) mass is 508 g/mol. The van der Waals surface area contributed by atoms with Crippen molar-refractivity contribution in [1.82, 2.24) is 16.0 Å². The van der Waals surface area contributed by atoms with Crippen molar-refractivity contribution in [2.24, 2.45) is 5.73 Å². The molecule has 10 N–H and O–H groups in total. The number of nitrogens with two attached hydrogens (primary N) is 1. The predicted molar refractivity (Wildman–Crippen MR) is 113 cm³/mol. The van der Waals surface area contributed by atoms with Crippen molar-refractivity contribution < 1.29 is 59.0 Å². The van der Waals surface area contributed by atoms with Gasteiger partial charge in [-0.1, -0.05) is 0 Å². The van der Waals surface area contributed by atoms with Gasteiger partial charge in [0.25, 0.3) is 0 Å². The fourth-order valence-corrected chi connectivity index (χ4v) is 3.24. The number of rotatable bonds is 13. The van der Waals surface area contributed by atoms with Gasteiger partial charge in [0.15, 0.2) is 6.29 Å². The molecule has 0 aromatic carbocycles. The van der Waals surface area contributed by atoms with E-state index >= 15 is 0 Å². The van der Waals surface area contributed by atoms with Crippen LogP contribution in [0.15, 0.2) is 0 Å². The zero-order chi connectivity index (χ0) is 26.9. The Kier molecular flexibility index (Phi) is 11.9. The average Bonchev–Trinajstić information content (AvgIpc) is 2.78. The highest BCUT2D eigenvalue weighted by atomic mass is 16.6. The van der Waals surface area contributed by atoms with Gasteiger partial charge in [-0.3, -0.25) is 24.0 Å². The molecule has 0 aliphatic carbocycles. The van der Waals surface area contributed by atoms with Crippen LogP contribution in [0.3, 0.4) is 0 Å². The van der Waals surface area contributed by atoms with Crippen molar-refractivity contribution in [2.75, 3.05) is 13.2 Å². The largest absolute Gasteiger partial charge is 0.481 e. The zero-order valence-corrected chi connectivity index (χ0v) is 19.1. The molecule has 0 aromatic rings. The van der Waals surface area contributed by atoms with E-state index in [0.29, 0.717) is 0 Å². The van der Waals surface area contributed by atoms with Gasteiger partial charge in [0.05, 0.1) is 13.2 Å². The van der Waals surface area contributed by atoms with Crippen LogP contribution >= 0.6 is 0 Å². The minimum absolute atomic E-state index is 0.317. The number of hydrogen-bond donors (Lipinski definition) is 9. The minimum Gasteiger partial charge on any atom is -0.481 e. The second-order valence-electron chi connectivity index (χ2n) is 7.85. The molecule has 1 aliphatic rings. The second kappa shape index (κ2) is 13.9. The summed E-state index contributed by atoms with van der Waals surface area (Å²) in [4.78, 5) is 58.6. The number of primary amides is 1. The molecule has 4 amide bonds. The molecule has 1 saturated heterocycles. The molecule has 1 heterocycles. The van der Waals surface area contributed by atoms with Gasteiger partial charge in [0, 0.05) is 13.3 Å². The van der Waals surface area contributed by atoms with Crippen molar-refractivity contribution in [3.8, 4) is 0 Å². The van der Waals surface area contributed by atoms with E-state index in [1.807, 2.05) is 0 Å². The maximum atomic E-state index is 12.6. The number of carboxylic acid groups (broad SMARTS) is 1. The van der Waals surface area contributed by atoms with Crippen LogP contribution in [0.25, 0.3) is 0 Å². The van der Waals surface area contributed by atoms with Gasteiger partial charge in [-0.25, -0.2) is 0 Å². The summed E-state index contributed by atoms with van der Waals surface area (Å²) in [6.07, 6.45) is -8.18. The third-order valence-electron chi connectivity index (χ3n) is 5.10. The smallest absolute Gasteiger partial charge is 0.303 e. The normalized spacial score (nSPS) is 26.6. The number of aliphatic carboxylic acids is 1. The predicted octanol–water partition coefficient (Wildman–Crippen LogP) is -5.35. The number of carboxylic acids is 1. The first-order valence-corrected chi connectivity index (χ1v) is 10.6. The summed E-state index contributed by atoms with van der Waals surface area (Å²) in [5.41, 5.74) is 5.14. The number of carbonyl (C=O) groups is 5. The fourth-order valence-electron chi connectivity index (χ4n) is 3.24. The Hall–Kier alpha value is -2.89. The summed E-state index contributed by atoms with van der Waals surface area (Å²) < 4.78 is 10.5. The Morgan fingerprint density at radius 2 is 1.66 bits per heavy atom. The Labute approximate surface area is 199 Å². The molecule has 1 fully saturated rings. The zero-order valence-electron chi connectivity index (χ0n) is 19.1. The Balaban J connectivity index is 2.88. The molecular weight excluding hydrogens is 476 g/mol. The Bertz CT molecular complexity index is 781. The lowest BCUT2D eigenvalue weighted by Crippen LogP contribution is -2.65. The lowest BCUT2D eigenvalue weighted by molar-refractivity contribution is -0.266. The van der Waals surface area contributed by atoms with E-state index in [4.69, 9.17) is 20.3 Å². The number of aliphatic hydroxyl groups excluding tert-OH is 4. The number of aliphatic hydroxyl groups is 4. The third-order valence-corrected chi connectivity index (χ3v) is 5.10. The second-order valence-corrected chi connectivity index (χ2v) is 7.85. The lowest BCUT2D eigenvalue weighted by atomic mass is 9.96. The van der Waals surface area contributed by atoms with Crippen molar-refractivity contribution >= 4 is 29.6 Å². The molecule has 200 valence electrons. The molecule has 35 heavy (non-hydrogen) atoms. The fraction of sp³-hybridized carbons (Fsp3) is 0.737. The highest BCUT2D eigenvalue weighted by molar-refractivity contribution is 5.92. The molecule has 16 nitrogen and oxygen atoms in total. The maximum Gasteiger partial charge on any atom is 0.303 e. The molecule has 1 rings (SSSR count). The van der Waals surface area contributed by atoms with Gasteiger partial charge >= 0.3 is 5.97 Å². The van der Waals surface area contributed by atoms with E-state index in [9.17, 15) is 44.4 Å². The molecular formula is C19H32N4O12. The van der Waals surface area contributed by atoms with Gasteiger partial charge in [0.2, 0.25) is 23.6 Å². The minimum atomic E-state index is -1.69. The molecule has 1 aliphatic heterocycles. The molecule has 0 spiro atoms. The summed E-state index contributed by atoms with van der Waals surface area (Å²) >= 11 is 0. The van der Waals surface area contributed by atoms with Crippen molar-refractivity contribution in [3.63, 3.8) is 0 Å².